The van der Waals surface area contributed by atoms with Crippen molar-refractivity contribution in [3.05, 3.63) is 65.4 Å². The molecule has 0 saturated heterocycles. The average Bonchev–Trinajstić information content (AvgIpc) is 3.01. The first kappa shape index (κ1) is 27.0. The summed E-state index contributed by atoms with van der Waals surface area (Å²) in [5.41, 5.74) is 4.15. The molecule has 2 aromatic carbocycles. The van der Waals surface area contributed by atoms with Crippen molar-refractivity contribution in [3.8, 4) is 5.75 Å². The molecule has 5 heteroatoms. The minimum atomic E-state index is -0.474. The lowest BCUT2D eigenvalue weighted by Gasteiger charge is -2.37. The summed E-state index contributed by atoms with van der Waals surface area (Å²) >= 11 is 0. The molecule has 1 aliphatic carbocycles. The van der Waals surface area contributed by atoms with Gasteiger partial charge in [0.15, 0.2) is 5.78 Å². The molecule has 2 aliphatic rings. The molecule has 0 bridgehead atoms. The molecule has 0 aromatic heterocycles. The Balaban J connectivity index is 1.79. The number of ketones is 1. The molecule has 1 aliphatic heterocycles. The molecule has 1 atom stereocenters. The second kappa shape index (κ2) is 12.0. The van der Waals surface area contributed by atoms with Gasteiger partial charge < -0.3 is 10.1 Å². The van der Waals surface area contributed by atoms with Crippen LogP contribution in [0.25, 0.3) is 0 Å². The molecule has 0 fully saturated rings. The van der Waals surface area contributed by atoms with Gasteiger partial charge in [-0.05, 0) is 54.5 Å². The van der Waals surface area contributed by atoms with E-state index in [0.29, 0.717) is 19.4 Å². The highest BCUT2D eigenvalue weighted by Crippen LogP contribution is 2.48. The number of para-hydroxylation sites is 2. The highest BCUT2D eigenvalue weighted by Gasteiger charge is 2.43. The maximum absolute atomic E-state index is 13.9. The van der Waals surface area contributed by atoms with Crippen LogP contribution in [0.1, 0.15) is 97.1 Å². The van der Waals surface area contributed by atoms with Gasteiger partial charge in [-0.1, -0.05) is 77.6 Å². The van der Waals surface area contributed by atoms with E-state index in [4.69, 9.17) is 4.74 Å². The SMILES string of the molecule is CCCCCOc1ccc([C@@H]2C3=C(CC(C)(C)CC3=O)Nc3ccccc3N2C(=O)CCCCC)cc1. The molecule has 198 valence electrons. The van der Waals surface area contributed by atoms with Crippen molar-refractivity contribution >= 4 is 23.1 Å². The van der Waals surface area contributed by atoms with Gasteiger partial charge in [0.05, 0.1) is 24.0 Å². The largest absolute Gasteiger partial charge is 0.494 e. The van der Waals surface area contributed by atoms with Gasteiger partial charge in [0, 0.05) is 24.1 Å². The van der Waals surface area contributed by atoms with E-state index >= 15 is 0 Å². The topological polar surface area (TPSA) is 58.6 Å². The van der Waals surface area contributed by atoms with Gasteiger partial charge in [-0.3, -0.25) is 14.5 Å². The Hall–Kier alpha value is -3.08. The monoisotopic (exact) mass is 502 g/mol. The number of benzene rings is 2. The molecule has 2 aromatic rings. The minimum Gasteiger partial charge on any atom is -0.494 e. The van der Waals surface area contributed by atoms with E-state index in [9.17, 15) is 9.59 Å². The second-order valence-electron chi connectivity index (χ2n) is 11.2. The third-order valence-corrected chi connectivity index (χ3v) is 7.38. The van der Waals surface area contributed by atoms with Crippen molar-refractivity contribution in [2.45, 2.75) is 91.5 Å². The second-order valence-corrected chi connectivity index (χ2v) is 11.2. The maximum Gasteiger partial charge on any atom is 0.227 e. The summed E-state index contributed by atoms with van der Waals surface area (Å²) in [7, 11) is 0. The van der Waals surface area contributed by atoms with E-state index in [1.807, 2.05) is 53.4 Å². The molecule has 5 nitrogen and oxygen atoms in total. The predicted molar refractivity (Wildman–Crippen MR) is 151 cm³/mol. The van der Waals surface area contributed by atoms with E-state index < -0.39 is 6.04 Å². The van der Waals surface area contributed by atoms with Crippen molar-refractivity contribution < 1.29 is 14.3 Å². The third-order valence-electron chi connectivity index (χ3n) is 7.38. The number of nitrogens with one attached hydrogen (secondary N) is 1. The Morgan fingerprint density at radius 3 is 2.41 bits per heavy atom. The standard InChI is InChI=1S/C32H42N2O3/c1-5-7-9-15-29(36)34-27-14-11-10-13-25(27)33-26-21-32(3,4)22-28(35)30(26)31(34)23-16-18-24(19-17-23)37-20-12-8-6-2/h10-11,13-14,16-19,31,33H,5-9,12,15,20-22H2,1-4H3/t31-/m1/s1. The number of unbranched alkanes of at least 4 members (excludes halogenated alkanes) is 4. The molecule has 1 amide bonds. The molecular formula is C32H42N2O3. The third kappa shape index (κ3) is 6.26. The van der Waals surface area contributed by atoms with E-state index in [-0.39, 0.29) is 17.1 Å². The average molecular weight is 503 g/mol. The number of fused-ring (bicyclic) bond motifs is 1. The fourth-order valence-electron chi connectivity index (χ4n) is 5.51. The lowest BCUT2D eigenvalue weighted by atomic mass is 9.73. The lowest BCUT2D eigenvalue weighted by molar-refractivity contribution is -0.119. The van der Waals surface area contributed by atoms with Crippen molar-refractivity contribution in [3.63, 3.8) is 0 Å². The summed E-state index contributed by atoms with van der Waals surface area (Å²) < 4.78 is 5.95. The predicted octanol–water partition coefficient (Wildman–Crippen LogP) is 7.98. The summed E-state index contributed by atoms with van der Waals surface area (Å²) in [5.74, 6) is 0.986. The number of nitrogens with zero attached hydrogens (tertiary/aromatic N) is 1. The molecule has 1 N–H and O–H groups in total. The first-order valence-electron chi connectivity index (χ1n) is 14.0. The van der Waals surface area contributed by atoms with Crippen LogP contribution in [0.2, 0.25) is 0 Å². The summed E-state index contributed by atoms with van der Waals surface area (Å²) in [6.45, 7) is 9.30. The molecular weight excluding hydrogens is 460 g/mol. The number of ether oxygens (including phenoxy) is 1. The van der Waals surface area contributed by atoms with E-state index in [2.05, 4.69) is 33.0 Å². The molecule has 0 radical (unpaired) electrons. The Labute approximate surface area is 222 Å². The number of rotatable bonds is 10. The Morgan fingerprint density at radius 1 is 0.973 bits per heavy atom. The van der Waals surface area contributed by atoms with Crippen molar-refractivity contribution in [1.82, 2.24) is 0 Å². The fourth-order valence-corrected chi connectivity index (χ4v) is 5.51. The zero-order chi connectivity index (χ0) is 26.4. The number of hydrogen-bond acceptors (Lipinski definition) is 4. The lowest BCUT2D eigenvalue weighted by Crippen LogP contribution is -2.39. The normalized spacial score (nSPS) is 18.5. The number of amides is 1. The van der Waals surface area contributed by atoms with Crippen LogP contribution in [0.4, 0.5) is 11.4 Å². The summed E-state index contributed by atoms with van der Waals surface area (Å²) in [6, 6.07) is 15.5. The van der Waals surface area contributed by atoms with Crippen LogP contribution in [-0.2, 0) is 9.59 Å². The number of allylic oxidation sites excluding steroid dienone is 1. The zero-order valence-electron chi connectivity index (χ0n) is 22.9. The molecule has 0 saturated carbocycles. The van der Waals surface area contributed by atoms with Crippen LogP contribution in [-0.4, -0.2) is 18.3 Å². The van der Waals surface area contributed by atoms with Gasteiger partial charge >= 0.3 is 0 Å². The molecule has 1 heterocycles. The highest BCUT2D eigenvalue weighted by atomic mass is 16.5. The van der Waals surface area contributed by atoms with Crippen molar-refractivity contribution in [2.24, 2.45) is 5.41 Å². The maximum atomic E-state index is 13.9. The van der Waals surface area contributed by atoms with Gasteiger partial charge in [0.1, 0.15) is 5.75 Å². The van der Waals surface area contributed by atoms with Crippen molar-refractivity contribution in [1.29, 1.82) is 0 Å². The van der Waals surface area contributed by atoms with Crippen LogP contribution in [0, 0.1) is 5.41 Å². The van der Waals surface area contributed by atoms with Crippen LogP contribution < -0.4 is 15.0 Å². The highest BCUT2D eigenvalue weighted by molar-refractivity contribution is 6.06. The van der Waals surface area contributed by atoms with E-state index in [0.717, 1.165) is 78.9 Å². The summed E-state index contributed by atoms with van der Waals surface area (Å²) in [4.78, 5) is 29.5. The summed E-state index contributed by atoms with van der Waals surface area (Å²) in [6.07, 6.45) is 7.93. The number of Topliss-reactive ketones (excluding diaryl/α,β-unsaturated/α-hetero) is 1. The van der Waals surface area contributed by atoms with Crippen LogP contribution in [0.3, 0.4) is 0 Å². The van der Waals surface area contributed by atoms with Gasteiger partial charge in [-0.2, -0.15) is 0 Å². The smallest absolute Gasteiger partial charge is 0.227 e. The van der Waals surface area contributed by atoms with Gasteiger partial charge in [-0.15, -0.1) is 0 Å². The number of anilines is 2. The van der Waals surface area contributed by atoms with Gasteiger partial charge in [0.25, 0.3) is 0 Å². The van der Waals surface area contributed by atoms with Gasteiger partial charge in [0.2, 0.25) is 5.91 Å². The van der Waals surface area contributed by atoms with Crippen LogP contribution >= 0.6 is 0 Å². The Morgan fingerprint density at radius 2 is 1.68 bits per heavy atom. The first-order valence-corrected chi connectivity index (χ1v) is 14.0. The van der Waals surface area contributed by atoms with Crippen LogP contribution in [0.5, 0.6) is 5.75 Å². The van der Waals surface area contributed by atoms with Crippen LogP contribution in [0.15, 0.2) is 59.8 Å². The Bertz CT molecular complexity index is 1130. The van der Waals surface area contributed by atoms with Gasteiger partial charge in [-0.25, -0.2) is 0 Å². The molecule has 0 spiro atoms. The Kier molecular flexibility index (Phi) is 8.73. The molecule has 37 heavy (non-hydrogen) atoms. The number of carbonyl (C=O) groups is 2. The molecule has 4 rings (SSSR count). The van der Waals surface area contributed by atoms with E-state index in [1.54, 1.807) is 0 Å². The zero-order valence-corrected chi connectivity index (χ0v) is 22.9. The number of carbonyl (C=O) groups excluding carboxylic acids is 2. The molecule has 0 unspecified atom stereocenters. The fraction of sp³-hybridized carbons (Fsp3) is 0.500. The number of hydrogen-bond donors (Lipinski definition) is 1. The first-order chi connectivity index (χ1) is 17.8. The van der Waals surface area contributed by atoms with E-state index in [1.165, 1.54) is 0 Å². The summed E-state index contributed by atoms with van der Waals surface area (Å²) in [5, 5.41) is 3.59. The quantitative estimate of drug-likeness (QED) is 0.335. The van der Waals surface area contributed by atoms with Crippen molar-refractivity contribution in [2.75, 3.05) is 16.8 Å². The minimum absolute atomic E-state index is 0.0546.